The minimum Gasteiger partial charge on any atom is -0.508 e. The second-order valence-electron chi connectivity index (χ2n) is 7.32. The molecule has 0 saturated carbocycles. The Kier molecular flexibility index (Phi) is 4.65. The summed E-state index contributed by atoms with van der Waals surface area (Å²) in [4.78, 5) is 30.1. The number of phenolic OH excluding ortho intramolecular Hbond substituents is 1. The highest BCUT2D eigenvalue weighted by molar-refractivity contribution is 5.99. The van der Waals surface area contributed by atoms with E-state index in [1.807, 2.05) is 20.2 Å². The summed E-state index contributed by atoms with van der Waals surface area (Å²) < 4.78 is 5.87. The first kappa shape index (κ1) is 18.3. The molecular weight excluding hydrogens is 356 g/mol. The largest absolute Gasteiger partial charge is 0.508 e. The first-order chi connectivity index (χ1) is 13.5. The number of phenols is 1. The van der Waals surface area contributed by atoms with Gasteiger partial charge >= 0.3 is 0 Å². The quantitative estimate of drug-likeness (QED) is 0.739. The fourth-order valence-electron chi connectivity index (χ4n) is 3.80. The Morgan fingerprint density at radius 1 is 1.11 bits per heavy atom. The Bertz CT molecular complexity index is 1100. The summed E-state index contributed by atoms with van der Waals surface area (Å²) in [6.07, 6.45) is 0.760. The average molecular weight is 378 g/mol. The number of carbonyl (C=O) groups is 1. The van der Waals surface area contributed by atoms with Gasteiger partial charge in [-0.05, 0) is 56.9 Å². The molecule has 0 radical (unpaired) electrons. The maximum absolute atomic E-state index is 13.3. The summed E-state index contributed by atoms with van der Waals surface area (Å²) in [6, 6.07) is 13.1. The zero-order chi connectivity index (χ0) is 19.8. The van der Waals surface area contributed by atoms with Crippen molar-refractivity contribution >= 4 is 16.9 Å². The number of hydrogen-bond acceptors (Lipinski definition) is 5. The van der Waals surface area contributed by atoms with Crippen molar-refractivity contribution < 1.29 is 14.3 Å². The molecule has 1 aliphatic heterocycles. The maximum atomic E-state index is 13.3. The van der Waals surface area contributed by atoms with Crippen molar-refractivity contribution in [1.29, 1.82) is 0 Å². The Hall–Kier alpha value is -3.12. The topological polar surface area (TPSA) is 74.0 Å². The molecule has 6 nitrogen and oxygen atoms in total. The van der Waals surface area contributed by atoms with E-state index >= 15 is 0 Å². The van der Waals surface area contributed by atoms with Gasteiger partial charge < -0.3 is 19.3 Å². The van der Waals surface area contributed by atoms with Gasteiger partial charge in [-0.1, -0.05) is 24.3 Å². The smallest absolute Gasteiger partial charge is 0.290 e. The molecule has 1 atom stereocenters. The van der Waals surface area contributed by atoms with E-state index in [0.29, 0.717) is 28.6 Å². The number of fused-ring (bicyclic) bond motifs is 2. The van der Waals surface area contributed by atoms with Crippen LogP contribution < -0.4 is 5.43 Å². The Balaban J connectivity index is 1.88. The third-order valence-electron chi connectivity index (χ3n) is 5.06. The number of benzene rings is 2. The van der Waals surface area contributed by atoms with Crippen molar-refractivity contribution in [3.63, 3.8) is 0 Å². The maximum Gasteiger partial charge on any atom is 0.290 e. The molecule has 2 heterocycles. The molecule has 0 unspecified atom stereocenters. The standard InChI is InChI=1S/C22H22N2O4/c1-23(2)11-6-12-24-19(14-7-5-8-15(25)13-14)18-20(26)16-9-3-4-10-17(16)28-21(18)22(24)27/h3-5,7-10,13,19,25H,6,11-12H2,1-2H3/t19-/m1/s1. The molecule has 144 valence electrons. The predicted octanol–water partition coefficient (Wildman–Crippen LogP) is 3.00. The lowest BCUT2D eigenvalue weighted by Crippen LogP contribution is -2.32. The molecule has 3 aromatic rings. The minimum absolute atomic E-state index is 0.0943. The predicted molar refractivity (Wildman–Crippen MR) is 107 cm³/mol. The third kappa shape index (κ3) is 3.05. The van der Waals surface area contributed by atoms with Crippen LogP contribution in [0.3, 0.4) is 0 Å². The van der Waals surface area contributed by atoms with E-state index in [2.05, 4.69) is 4.90 Å². The monoisotopic (exact) mass is 378 g/mol. The molecule has 0 bridgehead atoms. The number of aromatic hydroxyl groups is 1. The fourth-order valence-corrected chi connectivity index (χ4v) is 3.80. The second kappa shape index (κ2) is 7.13. The van der Waals surface area contributed by atoms with Gasteiger partial charge in [0.2, 0.25) is 5.76 Å². The molecule has 0 aliphatic carbocycles. The van der Waals surface area contributed by atoms with E-state index in [-0.39, 0.29) is 22.8 Å². The summed E-state index contributed by atoms with van der Waals surface area (Å²) in [5.74, 6) is -0.0938. The number of para-hydroxylation sites is 1. The molecular formula is C22H22N2O4. The Morgan fingerprint density at radius 2 is 1.89 bits per heavy atom. The summed E-state index contributed by atoms with van der Waals surface area (Å²) in [7, 11) is 3.95. The SMILES string of the molecule is CN(C)CCCN1C(=O)c2oc3ccccc3c(=O)c2[C@H]1c1cccc(O)c1. The first-order valence-electron chi connectivity index (χ1n) is 9.27. The van der Waals surface area contributed by atoms with E-state index < -0.39 is 6.04 Å². The van der Waals surface area contributed by atoms with Crippen LogP contribution in [0.5, 0.6) is 5.75 Å². The van der Waals surface area contributed by atoms with Crippen molar-refractivity contribution in [3.8, 4) is 5.75 Å². The fraction of sp³-hybridized carbons (Fsp3) is 0.273. The van der Waals surface area contributed by atoms with Gasteiger partial charge in [-0.25, -0.2) is 0 Å². The van der Waals surface area contributed by atoms with Crippen LogP contribution in [0.1, 0.15) is 34.1 Å². The highest BCUT2D eigenvalue weighted by atomic mass is 16.3. The van der Waals surface area contributed by atoms with E-state index in [9.17, 15) is 14.7 Å². The van der Waals surface area contributed by atoms with Gasteiger partial charge in [0.1, 0.15) is 11.3 Å². The number of carbonyl (C=O) groups excluding carboxylic acids is 1. The average Bonchev–Trinajstić information content (AvgIpc) is 2.94. The highest BCUT2D eigenvalue weighted by Gasteiger charge is 2.42. The van der Waals surface area contributed by atoms with E-state index in [1.54, 1.807) is 47.4 Å². The molecule has 0 fully saturated rings. The Labute approximate surface area is 162 Å². The molecule has 2 aromatic carbocycles. The molecule has 1 aromatic heterocycles. The first-order valence-corrected chi connectivity index (χ1v) is 9.27. The van der Waals surface area contributed by atoms with Crippen LogP contribution in [0.4, 0.5) is 0 Å². The van der Waals surface area contributed by atoms with Crippen LogP contribution in [0.15, 0.2) is 57.7 Å². The summed E-state index contributed by atoms with van der Waals surface area (Å²) in [5.41, 5.74) is 1.25. The van der Waals surface area contributed by atoms with Crippen LogP contribution >= 0.6 is 0 Å². The molecule has 0 saturated heterocycles. The molecule has 28 heavy (non-hydrogen) atoms. The summed E-state index contributed by atoms with van der Waals surface area (Å²) in [5, 5.41) is 10.4. The van der Waals surface area contributed by atoms with Gasteiger partial charge in [0, 0.05) is 6.54 Å². The van der Waals surface area contributed by atoms with Gasteiger partial charge in [-0.3, -0.25) is 9.59 Å². The number of rotatable bonds is 5. The van der Waals surface area contributed by atoms with Crippen molar-refractivity contribution in [1.82, 2.24) is 9.80 Å². The van der Waals surface area contributed by atoms with Crippen molar-refractivity contribution in [2.45, 2.75) is 12.5 Å². The second-order valence-corrected chi connectivity index (χ2v) is 7.32. The van der Waals surface area contributed by atoms with Crippen LogP contribution in [0.2, 0.25) is 0 Å². The summed E-state index contributed by atoms with van der Waals surface area (Å²) in [6.45, 7) is 1.30. The molecule has 0 spiro atoms. The van der Waals surface area contributed by atoms with Gasteiger partial charge in [-0.15, -0.1) is 0 Å². The molecule has 1 N–H and O–H groups in total. The number of hydrogen-bond donors (Lipinski definition) is 1. The lowest BCUT2D eigenvalue weighted by Gasteiger charge is -2.25. The normalized spacial score (nSPS) is 16.2. The van der Waals surface area contributed by atoms with E-state index in [1.165, 1.54) is 0 Å². The molecule has 1 amide bonds. The zero-order valence-corrected chi connectivity index (χ0v) is 15.9. The number of nitrogens with zero attached hydrogens (tertiary/aromatic N) is 2. The van der Waals surface area contributed by atoms with Crippen LogP contribution in [-0.4, -0.2) is 48.0 Å². The molecule has 1 aliphatic rings. The zero-order valence-electron chi connectivity index (χ0n) is 15.9. The van der Waals surface area contributed by atoms with Crippen LogP contribution in [0.25, 0.3) is 11.0 Å². The van der Waals surface area contributed by atoms with Gasteiger partial charge in [0.25, 0.3) is 5.91 Å². The van der Waals surface area contributed by atoms with E-state index in [4.69, 9.17) is 4.42 Å². The van der Waals surface area contributed by atoms with E-state index in [0.717, 1.165) is 13.0 Å². The minimum atomic E-state index is -0.572. The Morgan fingerprint density at radius 3 is 2.64 bits per heavy atom. The van der Waals surface area contributed by atoms with Gasteiger partial charge in [-0.2, -0.15) is 0 Å². The lowest BCUT2D eigenvalue weighted by atomic mass is 9.98. The van der Waals surface area contributed by atoms with Crippen LogP contribution in [-0.2, 0) is 0 Å². The highest BCUT2D eigenvalue weighted by Crippen LogP contribution is 2.38. The van der Waals surface area contributed by atoms with Crippen molar-refractivity contribution in [3.05, 3.63) is 75.6 Å². The summed E-state index contributed by atoms with van der Waals surface area (Å²) >= 11 is 0. The third-order valence-corrected chi connectivity index (χ3v) is 5.06. The van der Waals surface area contributed by atoms with Gasteiger partial charge in [0.05, 0.1) is 17.0 Å². The molecule has 4 rings (SSSR count). The number of amides is 1. The van der Waals surface area contributed by atoms with Gasteiger partial charge in [0.15, 0.2) is 5.43 Å². The van der Waals surface area contributed by atoms with Crippen molar-refractivity contribution in [2.24, 2.45) is 0 Å². The van der Waals surface area contributed by atoms with Crippen molar-refractivity contribution in [2.75, 3.05) is 27.2 Å². The van der Waals surface area contributed by atoms with Crippen LogP contribution in [0, 0.1) is 0 Å². The lowest BCUT2D eigenvalue weighted by molar-refractivity contribution is 0.0722. The molecule has 6 heteroatoms.